The molecule has 0 aliphatic carbocycles. The van der Waals surface area contributed by atoms with Crippen molar-refractivity contribution in [1.29, 1.82) is 0 Å². The van der Waals surface area contributed by atoms with Crippen molar-refractivity contribution in [2.75, 3.05) is 17.2 Å². The van der Waals surface area contributed by atoms with E-state index < -0.39 is 0 Å². The number of rotatable bonds is 4. The Morgan fingerprint density at radius 1 is 1.19 bits per heavy atom. The van der Waals surface area contributed by atoms with Crippen molar-refractivity contribution in [3.8, 4) is 5.69 Å². The number of aromatic nitrogens is 5. The number of halogens is 1. The summed E-state index contributed by atoms with van der Waals surface area (Å²) in [5.41, 5.74) is 6.93. The first-order valence-electron chi connectivity index (χ1n) is 9.70. The van der Waals surface area contributed by atoms with E-state index in [1.54, 1.807) is 16.8 Å². The largest absolute Gasteiger partial charge is 0.383 e. The summed E-state index contributed by atoms with van der Waals surface area (Å²) in [6.45, 7) is 2.07. The molecule has 1 atom stereocenters. The number of Topliss-reactive ketones (excluding diaryl/α,β-unsaturated/α-hetero) is 1. The van der Waals surface area contributed by atoms with Gasteiger partial charge in [-0.05, 0) is 31.5 Å². The number of ketones is 1. The van der Waals surface area contributed by atoms with Crippen molar-refractivity contribution in [2.45, 2.75) is 19.4 Å². The number of para-hydroxylation sites is 1. The van der Waals surface area contributed by atoms with E-state index in [1.165, 1.54) is 17.8 Å². The summed E-state index contributed by atoms with van der Waals surface area (Å²) < 4.78 is 3.06. The van der Waals surface area contributed by atoms with Gasteiger partial charge in [0, 0.05) is 12.7 Å². The third-order valence-corrected chi connectivity index (χ3v) is 5.78. The minimum Gasteiger partial charge on any atom is -0.383 e. The van der Waals surface area contributed by atoms with Gasteiger partial charge in [-0.25, -0.2) is 14.5 Å². The zero-order valence-corrected chi connectivity index (χ0v) is 17.3. The summed E-state index contributed by atoms with van der Waals surface area (Å²) in [4.78, 5) is 35.9. The summed E-state index contributed by atoms with van der Waals surface area (Å²) in [6, 6.07) is 10.6. The van der Waals surface area contributed by atoms with E-state index in [2.05, 4.69) is 9.97 Å². The molecule has 0 bridgehead atoms. The van der Waals surface area contributed by atoms with Gasteiger partial charge in [0.25, 0.3) is 5.56 Å². The maximum atomic E-state index is 13.4. The van der Waals surface area contributed by atoms with Gasteiger partial charge in [0.2, 0.25) is 0 Å². The first kappa shape index (κ1) is 19.3. The molecule has 1 unspecified atom stereocenters. The fourth-order valence-electron chi connectivity index (χ4n) is 3.94. The predicted molar refractivity (Wildman–Crippen MR) is 117 cm³/mol. The molecular formula is C21H18ClN7O2. The molecule has 1 aromatic carbocycles. The second-order valence-corrected chi connectivity index (χ2v) is 7.71. The van der Waals surface area contributed by atoms with Crippen LogP contribution in [0.5, 0.6) is 0 Å². The average Bonchev–Trinajstić information content (AvgIpc) is 3.09. The molecule has 4 aromatic rings. The fraction of sp³-hybridized carbons (Fsp3) is 0.190. The minimum absolute atomic E-state index is 0.129. The molecule has 156 valence electrons. The van der Waals surface area contributed by atoms with Crippen LogP contribution in [0.15, 0.2) is 53.7 Å². The number of carbonyl (C=O) groups excluding carboxylic acids is 1. The van der Waals surface area contributed by atoms with Crippen molar-refractivity contribution in [3.63, 3.8) is 0 Å². The Morgan fingerprint density at radius 3 is 2.65 bits per heavy atom. The van der Waals surface area contributed by atoms with E-state index in [0.717, 1.165) is 6.42 Å². The third kappa shape index (κ3) is 2.97. The van der Waals surface area contributed by atoms with Crippen LogP contribution in [0, 0.1) is 0 Å². The van der Waals surface area contributed by atoms with Gasteiger partial charge >= 0.3 is 0 Å². The third-order valence-electron chi connectivity index (χ3n) is 5.48. The van der Waals surface area contributed by atoms with Crippen LogP contribution in [-0.4, -0.2) is 36.5 Å². The Bertz CT molecular complexity index is 1380. The molecule has 10 heteroatoms. The van der Waals surface area contributed by atoms with Gasteiger partial charge < -0.3 is 10.6 Å². The van der Waals surface area contributed by atoms with E-state index in [1.807, 2.05) is 35.2 Å². The van der Waals surface area contributed by atoms with Crippen LogP contribution in [-0.2, 0) is 0 Å². The van der Waals surface area contributed by atoms with Gasteiger partial charge in [0.05, 0.1) is 16.8 Å². The fourth-order valence-corrected chi connectivity index (χ4v) is 4.17. The number of fused-ring (bicyclic) bond motifs is 1. The molecule has 1 saturated heterocycles. The lowest BCUT2D eigenvalue weighted by Crippen LogP contribution is -2.46. The Hall–Kier alpha value is -3.72. The Morgan fingerprint density at radius 2 is 1.97 bits per heavy atom. The van der Waals surface area contributed by atoms with E-state index in [4.69, 9.17) is 22.4 Å². The van der Waals surface area contributed by atoms with Crippen LogP contribution in [0.4, 0.5) is 11.6 Å². The average molecular weight is 436 g/mol. The van der Waals surface area contributed by atoms with Crippen LogP contribution < -0.4 is 16.2 Å². The molecular weight excluding hydrogens is 418 g/mol. The number of carbonyl (C=O) groups is 1. The SMILES string of the molecule is CC(=O)c1c(N)ncnc1N1CCC1c1nn2ccc(Cl)c2c(=O)n1-c1ccccc1. The van der Waals surface area contributed by atoms with Gasteiger partial charge in [-0.1, -0.05) is 29.8 Å². The van der Waals surface area contributed by atoms with Gasteiger partial charge in [-0.15, -0.1) is 0 Å². The van der Waals surface area contributed by atoms with Crippen molar-refractivity contribution in [3.05, 3.63) is 75.7 Å². The minimum atomic E-state index is -0.286. The number of hydrogen-bond acceptors (Lipinski definition) is 7. The molecule has 4 heterocycles. The van der Waals surface area contributed by atoms with Crippen molar-refractivity contribution >= 4 is 34.5 Å². The first-order chi connectivity index (χ1) is 15.0. The van der Waals surface area contributed by atoms with E-state index in [-0.39, 0.29) is 28.8 Å². The Kier molecular flexibility index (Phi) is 4.48. The molecule has 0 amide bonds. The number of anilines is 2. The monoisotopic (exact) mass is 435 g/mol. The van der Waals surface area contributed by atoms with Crippen LogP contribution >= 0.6 is 11.6 Å². The quantitative estimate of drug-likeness (QED) is 0.490. The zero-order chi connectivity index (χ0) is 21.7. The number of benzene rings is 1. The molecule has 1 aliphatic heterocycles. The molecule has 9 nitrogen and oxygen atoms in total. The van der Waals surface area contributed by atoms with Gasteiger partial charge in [0.1, 0.15) is 29.0 Å². The summed E-state index contributed by atoms with van der Waals surface area (Å²) in [5, 5.41) is 5.06. The predicted octanol–water partition coefficient (Wildman–Crippen LogP) is 2.66. The molecule has 0 saturated carbocycles. The zero-order valence-electron chi connectivity index (χ0n) is 16.6. The van der Waals surface area contributed by atoms with Crippen molar-refractivity contribution in [2.24, 2.45) is 0 Å². The number of nitrogens with zero attached hydrogens (tertiary/aromatic N) is 6. The van der Waals surface area contributed by atoms with E-state index >= 15 is 0 Å². The van der Waals surface area contributed by atoms with Gasteiger partial charge in [-0.3, -0.25) is 14.2 Å². The summed E-state index contributed by atoms with van der Waals surface area (Å²) >= 11 is 6.26. The molecule has 1 aliphatic rings. The highest BCUT2D eigenvalue weighted by molar-refractivity contribution is 6.33. The normalized spacial score (nSPS) is 15.8. The van der Waals surface area contributed by atoms with E-state index in [9.17, 15) is 9.59 Å². The topological polar surface area (TPSA) is 111 Å². The highest BCUT2D eigenvalue weighted by Gasteiger charge is 2.37. The number of nitrogens with two attached hydrogens (primary N) is 1. The molecule has 0 radical (unpaired) electrons. The van der Waals surface area contributed by atoms with Crippen LogP contribution in [0.3, 0.4) is 0 Å². The first-order valence-corrected chi connectivity index (χ1v) is 10.1. The van der Waals surface area contributed by atoms with Gasteiger partial charge in [-0.2, -0.15) is 5.10 Å². The smallest absolute Gasteiger partial charge is 0.284 e. The summed E-state index contributed by atoms with van der Waals surface area (Å²) in [6.07, 6.45) is 3.71. The van der Waals surface area contributed by atoms with Crippen LogP contribution in [0.25, 0.3) is 11.2 Å². The number of nitrogen functional groups attached to an aromatic ring is 1. The lowest BCUT2D eigenvalue weighted by molar-refractivity contribution is 0.101. The second kappa shape index (κ2) is 7.21. The lowest BCUT2D eigenvalue weighted by Gasteiger charge is -2.42. The summed E-state index contributed by atoms with van der Waals surface area (Å²) in [7, 11) is 0. The summed E-state index contributed by atoms with van der Waals surface area (Å²) in [5.74, 6) is 0.869. The van der Waals surface area contributed by atoms with Crippen LogP contribution in [0.1, 0.15) is 35.6 Å². The maximum absolute atomic E-state index is 13.4. The maximum Gasteiger partial charge on any atom is 0.284 e. The molecule has 5 rings (SSSR count). The van der Waals surface area contributed by atoms with Crippen molar-refractivity contribution in [1.82, 2.24) is 24.1 Å². The highest BCUT2D eigenvalue weighted by atomic mass is 35.5. The lowest BCUT2D eigenvalue weighted by atomic mass is 10.00. The number of hydrogen-bond donors (Lipinski definition) is 1. The Balaban J connectivity index is 1.72. The molecule has 31 heavy (non-hydrogen) atoms. The van der Waals surface area contributed by atoms with Gasteiger partial charge in [0.15, 0.2) is 11.6 Å². The molecule has 0 spiro atoms. The second-order valence-electron chi connectivity index (χ2n) is 7.30. The van der Waals surface area contributed by atoms with Crippen LogP contribution in [0.2, 0.25) is 5.02 Å². The standard InChI is InChI=1S/C21H18ClN7O2/c1-12(30)16-18(23)24-11-25-20(16)27-9-8-15(27)19-26-28-10-7-14(22)17(28)21(31)29(19)13-5-3-2-4-6-13/h2-7,10-11,15H,8-9H2,1H3,(H2,23,24,25). The molecule has 2 N–H and O–H groups in total. The van der Waals surface area contributed by atoms with E-state index in [0.29, 0.717) is 34.4 Å². The molecule has 1 fully saturated rings. The van der Waals surface area contributed by atoms with Crippen molar-refractivity contribution < 1.29 is 4.79 Å². The highest BCUT2D eigenvalue weighted by Crippen LogP contribution is 2.38. The molecule has 3 aromatic heterocycles. The Labute approximate surface area is 181 Å².